The molecule has 31 heavy (non-hydrogen) atoms. The zero-order chi connectivity index (χ0) is 22.1. The first-order valence-corrected chi connectivity index (χ1v) is 12.2. The molecule has 0 bridgehead atoms. The molecule has 1 atom stereocenters. The van der Waals surface area contributed by atoms with Crippen LogP contribution in [0.2, 0.25) is 0 Å². The van der Waals surface area contributed by atoms with E-state index in [0.29, 0.717) is 6.42 Å². The van der Waals surface area contributed by atoms with E-state index in [2.05, 4.69) is 40.1 Å². The molecule has 2 amide bonds. The van der Waals surface area contributed by atoms with Gasteiger partial charge in [0.05, 0.1) is 0 Å². The van der Waals surface area contributed by atoms with Gasteiger partial charge in [-0.2, -0.15) is 0 Å². The Kier molecular flexibility index (Phi) is 8.97. The predicted molar refractivity (Wildman–Crippen MR) is 137 cm³/mol. The summed E-state index contributed by atoms with van der Waals surface area (Å²) in [5.74, 6) is -0.0457. The number of carbonyl (C=O) groups excluding carboxylic acids is 2. The highest BCUT2D eigenvalue weighted by molar-refractivity contribution is 14.1. The molecule has 0 radical (unpaired) electrons. The number of amides is 2. The standard InChI is InChI=1S/C25H25IN2O2S/c1-2-3-9-23(29)27-20-14-16-22(17-15-20)31-24(18-7-5-4-6-8-18)25(30)28-21-12-10-19(26)11-13-21/h4-8,10-17,24H,2-3,9H2,1H3,(H,27,29)(H,28,30). The van der Waals surface area contributed by atoms with E-state index in [9.17, 15) is 9.59 Å². The number of hydrogen-bond acceptors (Lipinski definition) is 3. The van der Waals surface area contributed by atoms with E-state index in [-0.39, 0.29) is 11.8 Å². The molecule has 0 spiro atoms. The lowest BCUT2D eigenvalue weighted by Crippen LogP contribution is -2.19. The number of thioether (sulfide) groups is 1. The van der Waals surface area contributed by atoms with E-state index in [1.165, 1.54) is 11.8 Å². The molecule has 0 fully saturated rings. The van der Waals surface area contributed by atoms with Crippen molar-refractivity contribution in [2.24, 2.45) is 0 Å². The molecule has 4 nitrogen and oxygen atoms in total. The highest BCUT2D eigenvalue weighted by Gasteiger charge is 2.22. The van der Waals surface area contributed by atoms with Crippen molar-refractivity contribution in [1.82, 2.24) is 0 Å². The molecule has 0 heterocycles. The molecule has 3 aromatic carbocycles. The molecule has 0 aliphatic heterocycles. The van der Waals surface area contributed by atoms with Gasteiger partial charge in [0, 0.05) is 26.3 Å². The van der Waals surface area contributed by atoms with Crippen LogP contribution in [0.1, 0.15) is 37.0 Å². The number of unbranched alkanes of at least 4 members (excludes halogenated alkanes) is 1. The maximum absolute atomic E-state index is 13.1. The first-order chi connectivity index (χ1) is 15.0. The second-order valence-corrected chi connectivity index (χ2v) is 9.50. The zero-order valence-electron chi connectivity index (χ0n) is 17.3. The normalized spacial score (nSPS) is 11.5. The van der Waals surface area contributed by atoms with Crippen molar-refractivity contribution in [3.05, 3.63) is 88.0 Å². The molecule has 6 heteroatoms. The number of rotatable bonds is 9. The van der Waals surface area contributed by atoms with Crippen molar-refractivity contribution in [2.75, 3.05) is 10.6 Å². The average Bonchev–Trinajstić information content (AvgIpc) is 2.79. The summed E-state index contributed by atoms with van der Waals surface area (Å²) in [5, 5.41) is 5.55. The smallest absolute Gasteiger partial charge is 0.242 e. The van der Waals surface area contributed by atoms with Crippen LogP contribution < -0.4 is 10.6 Å². The summed E-state index contributed by atoms with van der Waals surface area (Å²) in [6, 6.07) is 25.1. The summed E-state index contributed by atoms with van der Waals surface area (Å²) >= 11 is 3.73. The number of halogens is 1. The van der Waals surface area contributed by atoms with Gasteiger partial charge in [-0.25, -0.2) is 0 Å². The molecule has 0 saturated carbocycles. The Hall–Kier alpha value is -2.32. The van der Waals surface area contributed by atoms with Crippen LogP contribution >= 0.6 is 34.4 Å². The van der Waals surface area contributed by atoms with Crippen LogP contribution in [0.5, 0.6) is 0 Å². The van der Waals surface area contributed by atoms with Gasteiger partial charge < -0.3 is 10.6 Å². The maximum Gasteiger partial charge on any atom is 0.242 e. The first-order valence-electron chi connectivity index (χ1n) is 10.2. The third-order valence-corrected chi connectivity index (χ3v) is 6.59. The van der Waals surface area contributed by atoms with Gasteiger partial charge in [-0.1, -0.05) is 43.7 Å². The van der Waals surface area contributed by atoms with Gasteiger partial charge in [0.2, 0.25) is 11.8 Å². The summed E-state index contributed by atoms with van der Waals surface area (Å²) in [7, 11) is 0. The summed E-state index contributed by atoms with van der Waals surface area (Å²) in [6.45, 7) is 2.07. The Bertz CT molecular complexity index is 992. The molecule has 0 aromatic heterocycles. The van der Waals surface area contributed by atoms with Crippen molar-refractivity contribution in [1.29, 1.82) is 0 Å². The minimum absolute atomic E-state index is 0.0290. The number of anilines is 2. The molecule has 2 N–H and O–H groups in total. The fourth-order valence-corrected chi connectivity index (χ4v) is 4.34. The topological polar surface area (TPSA) is 58.2 Å². The van der Waals surface area contributed by atoms with Crippen LogP contribution in [0.3, 0.4) is 0 Å². The first kappa shape index (κ1) is 23.3. The van der Waals surface area contributed by atoms with Crippen LogP contribution in [0.4, 0.5) is 11.4 Å². The molecule has 0 aliphatic carbocycles. The summed E-state index contributed by atoms with van der Waals surface area (Å²) in [4.78, 5) is 26.0. The predicted octanol–water partition coefficient (Wildman–Crippen LogP) is 6.89. The van der Waals surface area contributed by atoms with Crippen molar-refractivity contribution < 1.29 is 9.59 Å². The zero-order valence-corrected chi connectivity index (χ0v) is 20.3. The Balaban J connectivity index is 1.72. The van der Waals surface area contributed by atoms with E-state index in [1.54, 1.807) is 0 Å². The van der Waals surface area contributed by atoms with Crippen molar-refractivity contribution in [3.63, 3.8) is 0 Å². The fraction of sp³-hybridized carbons (Fsp3) is 0.200. The highest BCUT2D eigenvalue weighted by atomic mass is 127. The van der Waals surface area contributed by atoms with Crippen LogP contribution in [-0.2, 0) is 9.59 Å². The fourth-order valence-electron chi connectivity index (χ4n) is 2.96. The molecular formula is C25H25IN2O2S. The number of nitrogens with one attached hydrogen (secondary N) is 2. The van der Waals surface area contributed by atoms with Crippen LogP contribution in [0.25, 0.3) is 0 Å². The number of carbonyl (C=O) groups is 2. The van der Waals surface area contributed by atoms with E-state index in [4.69, 9.17) is 0 Å². The van der Waals surface area contributed by atoms with Crippen LogP contribution in [0, 0.1) is 3.57 Å². The van der Waals surface area contributed by atoms with Gasteiger partial charge in [0.1, 0.15) is 5.25 Å². The highest BCUT2D eigenvalue weighted by Crippen LogP contribution is 2.36. The van der Waals surface area contributed by atoms with Gasteiger partial charge >= 0.3 is 0 Å². The second-order valence-electron chi connectivity index (χ2n) is 7.08. The Labute approximate surface area is 201 Å². The minimum Gasteiger partial charge on any atom is -0.326 e. The monoisotopic (exact) mass is 544 g/mol. The van der Waals surface area contributed by atoms with Crippen LogP contribution in [-0.4, -0.2) is 11.8 Å². The molecular weight excluding hydrogens is 519 g/mol. The molecule has 3 aromatic rings. The lowest BCUT2D eigenvalue weighted by molar-refractivity contribution is -0.116. The maximum atomic E-state index is 13.1. The molecule has 160 valence electrons. The lowest BCUT2D eigenvalue weighted by Gasteiger charge is -2.17. The van der Waals surface area contributed by atoms with Crippen molar-refractivity contribution in [3.8, 4) is 0 Å². The van der Waals surface area contributed by atoms with E-state index in [1.807, 2.05) is 78.9 Å². The minimum atomic E-state index is -0.398. The molecule has 0 saturated heterocycles. The quantitative estimate of drug-likeness (QED) is 0.228. The summed E-state index contributed by atoms with van der Waals surface area (Å²) in [6.07, 6.45) is 2.41. The Morgan fingerprint density at radius 2 is 1.48 bits per heavy atom. The third-order valence-electron chi connectivity index (χ3n) is 4.60. The average molecular weight is 544 g/mol. The van der Waals surface area contributed by atoms with Crippen molar-refractivity contribution >= 4 is 57.5 Å². The Morgan fingerprint density at radius 1 is 0.871 bits per heavy atom. The van der Waals surface area contributed by atoms with E-state index >= 15 is 0 Å². The van der Waals surface area contributed by atoms with Crippen LogP contribution in [0.15, 0.2) is 83.8 Å². The van der Waals surface area contributed by atoms with Crippen molar-refractivity contribution in [2.45, 2.75) is 36.3 Å². The number of benzene rings is 3. The second kappa shape index (κ2) is 11.9. The Morgan fingerprint density at radius 3 is 2.13 bits per heavy atom. The summed E-state index contributed by atoms with van der Waals surface area (Å²) in [5.41, 5.74) is 2.48. The largest absolute Gasteiger partial charge is 0.326 e. The lowest BCUT2D eigenvalue weighted by atomic mass is 10.1. The van der Waals surface area contributed by atoms with Gasteiger partial charge in [0.25, 0.3) is 0 Å². The van der Waals surface area contributed by atoms with Gasteiger partial charge in [-0.3, -0.25) is 9.59 Å². The molecule has 0 aliphatic rings. The third kappa shape index (κ3) is 7.40. The summed E-state index contributed by atoms with van der Waals surface area (Å²) < 4.78 is 1.12. The SMILES string of the molecule is CCCCC(=O)Nc1ccc(SC(C(=O)Nc2ccc(I)cc2)c2ccccc2)cc1. The van der Waals surface area contributed by atoms with Gasteiger partial charge in [-0.05, 0) is 83.1 Å². The van der Waals surface area contributed by atoms with E-state index < -0.39 is 5.25 Å². The van der Waals surface area contributed by atoms with Gasteiger partial charge in [0.15, 0.2) is 0 Å². The van der Waals surface area contributed by atoms with Gasteiger partial charge in [-0.15, -0.1) is 11.8 Å². The number of hydrogen-bond donors (Lipinski definition) is 2. The van der Waals surface area contributed by atoms with E-state index in [0.717, 1.165) is 38.2 Å². The molecule has 1 unspecified atom stereocenters. The molecule has 3 rings (SSSR count).